The summed E-state index contributed by atoms with van der Waals surface area (Å²) in [5, 5.41) is 5.78. The van der Waals surface area contributed by atoms with E-state index in [-0.39, 0.29) is 17.7 Å². The molecule has 0 aliphatic heterocycles. The highest BCUT2D eigenvalue weighted by molar-refractivity contribution is 5.92. The fourth-order valence-corrected chi connectivity index (χ4v) is 3.22. The van der Waals surface area contributed by atoms with Crippen molar-refractivity contribution in [3.8, 4) is 0 Å². The molecule has 3 N–H and O–H groups in total. The van der Waals surface area contributed by atoms with Crippen molar-refractivity contribution in [2.45, 2.75) is 50.9 Å². The molecule has 1 atom stereocenters. The quantitative estimate of drug-likeness (QED) is 0.723. The Bertz CT molecular complexity index is 887. The van der Waals surface area contributed by atoms with Crippen LogP contribution >= 0.6 is 0 Å². The van der Waals surface area contributed by atoms with Gasteiger partial charge in [-0.25, -0.2) is 4.98 Å². The molecule has 1 amide bonds. The molecule has 1 unspecified atom stereocenters. The van der Waals surface area contributed by atoms with E-state index < -0.39 is 29.2 Å². The minimum Gasteiger partial charge on any atom is -0.353 e. The average Bonchev–Trinajstić information content (AvgIpc) is 3.13. The van der Waals surface area contributed by atoms with Crippen LogP contribution in [0.5, 0.6) is 0 Å². The Morgan fingerprint density at radius 2 is 1.86 bits per heavy atom. The number of anilines is 1. The minimum absolute atomic E-state index is 0.0528. The van der Waals surface area contributed by atoms with E-state index in [4.69, 9.17) is 0 Å². The number of hydrogen-bond donors (Lipinski definition) is 3. The number of carbonyl (C=O) groups excluding carboxylic acids is 1. The zero-order valence-corrected chi connectivity index (χ0v) is 15.3. The lowest BCUT2D eigenvalue weighted by Gasteiger charge is -2.16. The number of rotatable bonds is 5. The second kappa shape index (κ2) is 8.04. The summed E-state index contributed by atoms with van der Waals surface area (Å²) in [4.78, 5) is 31.0. The Kier molecular flexibility index (Phi) is 5.71. The molecule has 1 saturated carbocycles. The molecule has 1 fully saturated rings. The maximum Gasteiger partial charge on any atom is 0.416 e. The Hall–Kier alpha value is -2.84. The summed E-state index contributed by atoms with van der Waals surface area (Å²) in [6.45, 7) is 1.64. The number of nitrogens with zero attached hydrogens (tertiary/aromatic N) is 1. The minimum atomic E-state index is -4.41. The highest BCUT2D eigenvalue weighted by Gasteiger charge is 2.30. The third-order valence-electron chi connectivity index (χ3n) is 4.76. The molecular formula is C19H21F3N4O2. The monoisotopic (exact) mass is 394 g/mol. The van der Waals surface area contributed by atoms with Gasteiger partial charge in [0.25, 0.3) is 11.5 Å². The molecule has 1 aliphatic carbocycles. The summed E-state index contributed by atoms with van der Waals surface area (Å²) >= 11 is 0. The smallest absolute Gasteiger partial charge is 0.353 e. The highest BCUT2D eigenvalue weighted by atomic mass is 19.4. The number of carbonyl (C=O) groups is 1. The maximum absolute atomic E-state index is 12.7. The summed E-state index contributed by atoms with van der Waals surface area (Å²) in [5.41, 5.74) is -0.755. The Morgan fingerprint density at radius 3 is 2.46 bits per heavy atom. The second-order valence-corrected chi connectivity index (χ2v) is 6.92. The van der Waals surface area contributed by atoms with Crippen LogP contribution < -0.4 is 16.2 Å². The lowest BCUT2D eigenvalue weighted by Crippen LogP contribution is -2.30. The van der Waals surface area contributed by atoms with E-state index in [1.54, 1.807) is 6.92 Å². The number of benzene rings is 1. The van der Waals surface area contributed by atoms with Gasteiger partial charge in [0.1, 0.15) is 5.69 Å². The zero-order chi connectivity index (χ0) is 20.3. The first kappa shape index (κ1) is 19.9. The van der Waals surface area contributed by atoms with Gasteiger partial charge in [0, 0.05) is 12.1 Å². The van der Waals surface area contributed by atoms with E-state index in [1.165, 1.54) is 12.1 Å². The van der Waals surface area contributed by atoms with Crippen LogP contribution in [0.4, 0.5) is 19.1 Å². The van der Waals surface area contributed by atoms with Crippen LogP contribution in [0.2, 0.25) is 0 Å². The van der Waals surface area contributed by atoms with E-state index in [2.05, 4.69) is 20.6 Å². The average molecular weight is 394 g/mol. The number of alkyl halides is 3. The Balaban J connectivity index is 1.69. The van der Waals surface area contributed by atoms with Crippen LogP contribution in [0.25, 0.3) is 0 Å². The topological polar surface area (TPSA) is 86.9 Å². The molecule has 150 valence electrons. The first-order valence-corrected chi connectivity index (χ1v) is 9.08. The molecule has 6 nitrogen and oxygen atoms in total. The van der Waals surface area contributed by atoms with Crippen molar-refractivity contribution >= 4 is 11.9 Å². The van der Waals surface area contributed by atoms with Gasteiger partial charge in [-0.3, -0.25) is 14.6 Å². The normalized spacial score (nSPS) is 16.0. The summed E-state index contributed by atoms with van der Waals surface area (Å²) < 4.78 is 38.0. The van der Waals surface area contributed by atoms with Gasteiger partial charge in [-0.2, -0.15) is 13.2 Å². The number of halogens is 3. The van der Waals surface area contributed by atoms with Gasteiger partial charge in [-0.1, -0.05) is 25.0 Å². The lowest BCUT2D eigenvalue weighted by molar-refractivity contribution is -0.137. The molecule has 2 aromatic rings. The molecule has 1 aromatic heterocycles. The van der Waals surface area contributed by atoms with Gasteiger partial charge in [-0.05, 0) is 37.5 Å². The molecule has 0 saturated heterocycles. The van der Waals surface area contributed by atoms with Gasteiger partial charge >= 0.3 is 6.18 Å². The van der Waals surface area contributed by atoms with Crippen LogP contribution in [0, 0.1) is 0 Å². The molecule has 1 aromatic carbocycles. The fraction of sp³-hybridized carbons (Fsp3) is 0.421. The SMILES string of the molecule is CC(NC(=O)c1cc(=O)[nH]c(NC2CCCC2)n1)c1ccc(C(F)(F)F)cc1. The van der Waals surface area contributed by atoms with Crippen molar-refractivity contribution < 1.29 is 18.0 Å². The van der Waals surface area contributed by atoms with Gasteiger partial charge in [-0.15, -0.1) is 0 Å². The molecule has 0 radical (unpaired) electrons. The first-order valence-electron chi connectivity index (χ1n) is 9.08. The van der Waals surface area contributed by atoms with Crippen LogP contribution in [-0.4, -0.2) is 21.9 Å². The van der Waals surface area contributed by atoms with Crippen LogP contribution in [0.1, 0.15) is 60.3 Å². The fourth-order valence-electron chi connectivity index (χ4n) is 3.22. The predicted molar refractivity (Wildman–Crippen MR) is 98.1 cm³/mol. The summed E-state index contributed by atoms with van der Waals surface area (Å²) in [6.07, 6.45) is -0.252. The van der Waals surface area contributed by atoms with Crippen LogP contribution in [0.3, 0.4) is 0 Å². The van der Waals surface area contributed by atoms with Gasteiger partial charge in [0.05, 0.1) is 11.6 Å². The summed E-state index contributed by atoms with van der Waals surface area (Å²) in [5.74, 6) is -0.334. The highest BCUT2D eigenvalue weighted by Crippen LogP contribution is 2.30. The number of aromatic nitrogens is 2. The maximum atomic E-state index is 12.7. The number of nitrogens with one attached hydrogen (secondary N) is 3. The van der Waals surface area contributed by atoms with Crippen molar-refractivity contribution in [2.24, 2.45) is 0 Å². The van der Waals surface area contributed by atoms with Crippen molar-refractivity contribution in [3.63, 3.8) is 0 Å². The standard InChI is InChI=1S/C19H21F3N4O2/c1-11(12-6-8-13(9-7-12)19(20,21)22)23-17(28)15-10-16(27)26-18(25-15)24-14-4-2-3-5-14/h6-11,14H,2-5H2,1H3,(H,23,28)(H2,24,25,26,27). The summed E-state index contributed by atoms with van der Waals surface area (Å²) in [7, 11) is 0. The largest absolute Gasteiger partial charge is 0.416 e. The number of hydrogen-bond acceptors (Lipinski definition) is 4. The van der Waals surface area contributed by atoms with Crippen LogP contribution in [0.15, 0.2) is 35.1 Å². The van der Waals surface area contributed by atoms with E-state index in [0.717, 1.165) is 43.9 Å². The third kappa shape index (κ3) is 4.90. The predicted octanol–water partition coefficient (Wildman–Crippen LogP) is 3.63. The molecular weight excluding hydrogens is 373 g/mol. The molecule has 3 rings (SSSR count). The van der Waals surface area contributed by atoms with E-state index in [1.807, 2.05) is 0 Å². The molecule has 28 heavy (non-hydrogen) atoms. The van der Waals surface area contributed by atoms with Gasteiger partial charge in [0.15, 0.2) is 0 Å². The Labute approximate surface area is 159 Å². The van der Waals surface area contributed by atoms with Crippen molar-refractivity contribution in [2.75, 3.05) is 5.32 Å². The van der Waals surface area contributed by atoms with Crippen LogP contribution in [-0.2, 0) is 6.18 Å². The third-order valence-corrected chi connectivity index (χ3v) is 4.76. The van der Waals surface area contributed by atoms with E-state index in [9.17, 15) is 22.8 Å². The molecule has 9 heteroatoms. The number of amides is 1. The number of aromatic amines is 1. The van der Waals surface area contributed by atoms with Crippen molar-refractivity contribution in [1.29, 1.82) is 0 Å². The number of H-pyrrole nitrogens is 1. The molecule has 1 heterocycles. The van der Waals surface area contributed by atoms with Gasteiger partial charge < -0.3 is 10.6 Å². The summed E-state index contributed by atoms with van der Waals surface area (Å²) in [6, 6.07) is 5.31. The lowest BCUT2D eigenvalue weighted by atomic mass is 10.1. The second-order valence-electron chi connectivity index (χ2n) is 6.92. The zero-order valence-electron chi connectivity index (χ0n) is 15.3. The molecule has 1 aliphatic rings. The van der Waals surface area contributed by atoms with E-state index >= 15 is 0 Å². The van der Waals surface area contributed by atoms with Crippen molar-refractivity contribution in [3.05, 3.63) is 57.5 Å². The molecule has 0 spiro atoms. The van der Waals surface area contributed by atoms with Gasteiger partial charge in [0.2, 0.25) is 5.95 Å². The molecule has 0 bridgehead atoms. The first-order chi connectivity index (χ1) is 13.2. The van der Waals surface area contributed by atoms with Crippen molar-refractivity contribution in [1.82, 2.24) is 15.3 Å². The Morgan fingerprint density at radius 1 is 1.21 bits per heavy atom. The van der Waals surface area contributed by atoms with E-state index in [0.29, 0.717) is 5.56 Å².